The van der Waals surface area contributed by atoms with Gasteiger partial charge in [0.05, 0.1) is 12.2 Å². The van der Waals surface area contributed by atoms with Crippen molar-refractivity contribution in [2.75, 3.05) is 13.7 Å². The van der Waals surface area contributed by atoms with Crippen LogP contribution < -0.4 is 5.32 Å². The predicted octanol–water partition coefficient (Wildman–Crippen LogP) is 5.41. The Labute approximate surface area is 185 Å². The van der Waals surface area contributed by atoms with Crippen LogP contribution in [-0.2, 0) is 4.74 Å². The van der Waals surface area contributed by atoms with Gasteiger partial charge in [-0.1, -0.05) is 27.2 Å². The number of nitrogens with one attached hydrogen (secondary N) is 1. The van der Waals surface area contributed by atoms with Gasteiger partial charge in [-0.2, -0.15) is 0 Å². The number of aliphatic hydroxyl groups excluding tert-OH is 1. The van der Waals surface area contributed by atoms with Gasteiger partial charge >= 0.3 is 0 Å². The number of ether oxygens (including phenoxy) is 1. The summed E-state index contributed by atoms with van der Waals surface area (Å²) in [4.78, 5) is 0. The lowest BCUT2D eigenvalue weighted by molar-refractivity contribution is -0.131. The molecule has 172 valence electrons. The molecule has 5 rings (SSSR count). The van der Waals surface area contributed by atoms with E-state index in [0.717, 1.165) is 36.5 Å². The zero-order valence-electron chi connectivity index (χ0n) is 20.0. The van der Waals surface area contributed by atoms with Gasteiger partial charge in [0.1, 0.15) is 0 Å². The molecule has 4 aliphatic carbocycles. The van der Waals surface area contributed by atoms with Gasteiger partial charge in [0.2, 0.25) is 0 Å². The molecule has 1 aliphatic heterocycles. The van der Waals surface area contributed by atoms with E-state index in [-0.39, 0.29) is 6.10 Å². The molecular weight excluding hydrogens is 370 g/mol. The first kappa shape index (κ1) is 21.7. The molecule has 1 saturated heterocycles. The summed E-state index contributed by atoms with van der Waals surface area (Å²) in [6.45, 7) is 9.02. The summed E-state index contributed by atoms with van der Waals surface area (Å²) in [5.74, 6) is 4.76. The summed E-state index contributed by atoms with van der Waals surface area (Å²) < 4.78 is 6.26. The molecule has 11 unspecified atom stereocenters. The molecule has 0 spiro atoms. The number of aliphatic hydroxyl groups is 1. The third-order valence-corrected chi connectivity index (χ3v) is 11.6. The molecule has 0 aromatic heterocycles. The van der Waals surface area contributed by atoms with Crippen molar-refractivity contribution in [3.8, 4) is 0 Å². The Balaban J connectivity index is 1.40. The van der Waals surface area contributed by atoms with E-state index < -0.39 is 0 Å². The van der Waals surface area contributed by atoms with Crippen molar-refractivity contribution >= 4 is 0 Å². The van der Waals surface area contributed by atoms with Gasteiger partial charge in [0.15, 0.2) is 0 Å². The number of rotatable bonds is 3. The van der Waals surface area contributed by atoms with Gasteiger partial charge < -0.3 is 15.2 Å². The third-order valence-electron chi connectivity index (χ3n) is 11.6. The fourth-order valence-electron chi connectivity index (χ4n) is 10.0. The molecular formula is C27H47NO2. The number of hydrogen-bond donors (Lipinski definition) is 2. The van der Waals surface area contributed by atoms with Crippen LogP contribution in [0.4, 0.5) is 0 Å². The maximum atomic E-state index is 10.3. The Bertz CT molecular complexity index is 618. The molecule has 0 aromatic rings. The van der Waals surface area contributed by atoms with Crippen molar-refractivity contribution < 1.29 is 9.84 Å². The van der Waals surface area contributed by atoms with Crippen molar-refractivity contribution in [2.24, 2.45) is 46.3 Å². The smallest absolute Gasteiger partial charge is 0.0610 e. The van der Waals surface area contributed by atoms with Gasteiger partial charge in [-0.25, -0.2) is 0 Å². The fraction of sp³-hybridized carbons (Fsp3) is 1.00. The van der Waals surface area contributed by atoms with E-state index in [1.54, 1.807) is 0 Å². The minimum atomic E-state index is -0.0361. The molecule has 5 aliphatic rings. The summed E-state index contributed by atoms with van der Waals surface area (Å²) in [7, 11) is 1.98. The lowest BCUT2D eigenvalue weighted by Crippen LogP contribution is -2.55. The van der Waals surface area contributed by atoms with Crippen LogP contribution in [0.3, 0.4) is 0 Å². The molecule has 30 heavy (non-hydrogen) atoms. The standard InChI is InChI=1S/C27H47NO2/c1-17(23-7-5-6-14-28-23)25-24(30-4)16-22-20-9-8-18-15-19(29)10-12-26(18,2)21(20)11-13-27(22,25)3/h17-25,28-29H,5-16H2,1-4H3. The summed E-state index contributed by atoms with van der Waals surface area (Å²) in [5, 5.41) is 14.2. The first-order valence-electron chi connectivity index (χ1n) is 13.3. The number of piperidine rings is 1. The van der Waals surface area contributed by atoms with Crippen LogP contribution in [0.1, 0.15) is 91.4 Å². The lowest BCUT2D eigenvalue weighted by Gasteiger charge is -2.61. The number of fused-ring (bicyclic) bond motifs is 5. The van der Waals surface area contributed by atoms with Crippen molar-refractivity contribution in [1.82, 2.24) is 5.32 Å². The zero-order valence-corrected chi connectivity index (χ0v) is 20.0. The van der Waals surface area contributed by atoms with E-state index in [0.29, 0.717) is 34.8 Å². The number of methoxy groups -OCH3 is 1. The molecule has 3 nitrogen and oxygen atoms in total. The first-order chi connectivity index (χ1) is 14.4. The highest BCUT2D eigenvalue weighted by Gasteiger charge is 2.63. The van der Waals surface area contributed by atoms with Crippen LogP contribution in [0.2, 0.25) is 0 Å². The van der Waals surface area contributed by atoms with E-state index >= 15 is 0 Å². The van der Waals surface area contributed by atoms with Gasteiger partial charge in [0, 0.05) is 13.2 Å². The maximum Gasteiger partial charge on any atom is 0.0610 e. The Kier molecular flexibility index (Phi) is 5.81. The molecule has 0 aromatic carbocycles. The highest BCUT2D eigenvalue weighted by molar-refractivity contribution is 5.12. The summed E-state index contributed by atoms with van der Waals surface area (Å²) >= 11 is 0. The quantitative estimate of drug-likeness (QED) is 0.645. The largest absolute Gasteiger partial charge is 0.393 e. The normalized spacial score (nSPS) is 54.7. The Hall–Kier alpha value is -0.120. The van der Waals surface area contributed by atoms with E-state index in [1.807, 2.05) is 7.11 Å². The molecule has 5 fully saturated rings. The summed E-state index contributed by atoms with van der Waals surface area (Å²) in [5.41, 5.74) is 0.915. The van der Waals surface area contributed by atoms with Crippen molar-refractivity contribution in [3.05, 3.63) is 0 Å². The van der Waals surface area contributed by atoms with Gasteiger partial charge in [0.25, 0.3) is 0 Å². The minimum absolute atomic E-state index is 0.0361. The SMILES string of the molecule is COC1CC2C3CCC4CC(O)CCC4(C)C3CCC2(C)C1C(C)C1CCCCN1. The van der Waals surface area contributed by atoms with E-state index in [1.165, 1.54) is 64.3 Å². The molecule has 0 amide bonds. The highest BCUT2D eigenvalue weighted by Crippen LogP contribution is 2.68. The molecule has 11 atom stereocenters. The van der Waals surface area contributed by atoms with Crippen LogP contribution in [-0.4, -0.2) is 37.0 Å². The lowest BCUT2D eigenvalue weighted by atomic mass is 9.44. The minimum Gasteiger partial charge on any atom is -0.393 e. The highest BCUT2D eigenvalue weighted by atomic mass is 16.5. The van der Waals surface area contributed by atoms with E-state index in [9.17, 15) is 5.11 Å². The first-order valence-corrected chi connectivity index (χ1v) is 13.3. The van der Waals surface area contributed by atoms with Crippen molar-refractivity contribution in [3.63, 3.8) is 0 Å². The summed E-state index contributed by atoms with van der Waals surface area (Å²) in [6.07, 6.45) is 14.7. The maximum absolute atomic E-state index is 10.3. The van der Waals surface area contributed by atoms with E-state index in [2.05, 4.69) is 26.1 Å². The average molecular weight is 418 g/mol. The van der Waals surface area contributed by atoms with Crippen molar-refractivity contribution in [1.29, 1.82) is 0 Å². The second kappa shape index (κ2) is 8.03. The fourth-order valence-corrected chi connectivity index (χ4v) is 10.0. The Morgan fingerprint density at radius 2 is 1.73 bits per heavy atom. The zero-order chi connectivity index (χ0) is 21.1. The van der Waals surface area contributed by atoms with Crippen molar-refractivity contribution in [2.45, 2.75) is 110 Å². The Morgan fingerprint density at radius 1 is 0.933 bits per heavy atom. The Morgan fingerprint density at radius 3 is 2.47 bits per heavy atom. The second-order valence-corrected chi connectivity index (χ2v) is 12.6. The average Bonchev–Trinajstić information content (AvgIpc) is 3.06. The van der Waals surface area contributed by atoms with Crippen LogP contribution in [0.25, 0.3) is 0 Å². The molecule has 0 bridgehead atoms. The van der Waals surface area contributed by atoms with Gasteiger partial charge in [-0.3, -0.25) is 0 Å². The van der Waals surface area contributed by atoms with Crippen LogP contribution in [0.5, 0.6) is 0 Å². The summed E-state index contributed by atoms with van der Waals surface area (Å²) in [6, 6.07) is 0.683. The third kappa shape index (κ3) is 3.24. The van der Waals surface area contributed by atoms with Crippen LogP contribution in [0.15, 0.2) is 0 Å². The molecule has 2 N–H and O–H groups in total. The van der Waals surface area contributed by atoms with E-state index in [4.69, 9.17) is 4.74 Å². The second-order valence-electron chi connectivity index (χ2n) is 12.6. The van der Waals surface area contributed by atoms with Gasteiger partial charge in [-0.05, 0) is 117 Å². The van der Waals surface area contributed by atoms with Crippen LogP contribution >= 0.6 is 0 Å². The molecule has 0 radical (unpaired) electrons. The topological polar surface area (TPSA) is 41.5 Å². The van der Waals surface area contributed by atoms with Gasteiger partial charge in [-0.15, -0.1) is 0 Å². The molecule has 1 heterocycles. The van der Waals surface area contributed by atoms with Crippen LogP contribution in [0, 0.1) is 46.3 Å². The molecule has 3 heteroatoms. The monoisotopic (exact) mass is 417 g/mol. The molecule has 4 saturated carbocycles. The number of hydrogen-bond acceptors (Lipinski definition) is 3. The predicted molar refractivity (Wildman–Crippen MR) is 122 cm³/mol.